The highest BCUT2D eigenvalue weighted by atomic mass is 35.5. The summed E-state index contributed by atoms with van der Waals surface area (Å²) in [6.45, 7) is 7.82. The van der Waals surface area contributed by atoms with Crippen molar-refractivity contribution in [3.63, 3.8) is 0 Å². The molecule has 1 saturated heterocycles. The third kappa shape index (κ3) is 6.46. The van der Waals surface area contributed by atoms with Crippen molar-refractivity contribution in [3.05, 3.63) is 64.4 Å². The van der Waals surface area contributed by atoms with E-state index in [1.807, 2.05) is 56.3 Å². The second-order valence-electron chi connectivity index (χ2n) is 13.9. The SMILES string of the molecule is CCNC(=O)[C@H](NC(=O)C1(c2ccc3nc([C@@H](NC(=O)N(C)CC)[C@H](c4ccccc4Cl)C4(C)CC4)[nH]c3c2)CCOC1)C1CCC1. The molecule has 0 spiro atoms. The number of aromatic amines is 1. The standard InChI is InChI=1S/C36H47ClN6O4/c1-5-38-32(44)29(22-10-9-11-22)41-33(45)36(18-19-47-21-36)23-14-15-26-27(20-23)40-31(39-26)30(42-34(46)43(4)6-2)28(35(3)16-17-35)24-12-7-8-13-25(24)37/h7-8,12-15,20,22,28-30H,5-6,9-11,16-19,21H2,1-4H3,(H,38,44)(H,39,40)(H,41,45)(H,42,46)/t28-,29+,30-,36?/m0/s1. The van der Waals surface area contributed by atoms with Crippen LogP contribution in [0.1, 0.15) is 88.2 Å². The molecule has 2 aliphatic carbocycles. The molecule has 2 saturated carbocycles. The molecule has 1 aromatic heterocycles. The van der Waals surface area contributed by atoms with Crippen molar-refractivity contribution in [2.75, 3.05) is 33.4 Å². The number of hydrogen-bond acceptors (Lipinski definition) is 5. The zero-order valence-corrected chi connectivity index (χ0v) is 28.6. The average molecular weight is 663 g/mol. The Labute approximate surface area is 281 Å². The first-order valence-electron chi connectivity index (χ1n) is 17.0. The first-order chi connectivity index (χ1) is 22.6. The summed E-state index contributed by atoms with van der Waals surface area (Å²) in [6, 6.07) is 12.5. The Hall–Kier alpha value is -3.63. The van der Waals surface area contributed by atoms with Crippen LogP contribution in [0.4, 0.5) is 4.79 Å². The monoisotopic (exact) mass is 662 g/mol. The minimum absolute atomic E-state index is 0.0672. The highest BCUT2D eigenvalue weighted by Gasteiger charge is 2.51. The van der Waals surface area contributed by atoms with Crippen LogP contribution in [0, 0.1) is 11.3 Å². The molecule has 252 valence electrons. The largest absolute Gasteiger partial charge is 0.380 e. The van der Waals surface area contributed by atoms with E-state index in [1.165, 1.54) is 0 Å². The number of H-pyrrole nitrogens is 1. The van der Waals surface area contributed by atoms with Gasteiger partial charge in [0.15, 0.2) is 0 Å². The predicted molar refractivity (Wildman–Crippen MR) is 182 cm³/mol. The van der Waals surface area contributed by atoms with E-state index >= 15 is 0 Å². The molecule has 4 N–H and O–H groups in total. The molecule has 2 heterocycles. The van der Waals surface area contributed by atoms with Crippen molar-refractivity contribution in [2.24, 2.45) is 11.3 Å². The summed E-state index contributed by atoms with van der Waals surface area (Å²) >= 11 is 6.80. The molecule has 11 heteroatoms. The maximum atomic E-state index is 14.1. The third-order valence-corrected chi connectivity index (χ3v) is 11.2. The van der Waals surface area contributed by atoms with Crippen molar-refractivity contribution < 1.29 is 19.1 Å². The number of hydrogen-bond donors (Lipinski definition) is 4. The number of nitrogens with zero attached hydrogens (tertiary/aromatic N) is 2. The number of carbonyl (C=O) groups is 3. The number of ether oxygens (including phenoxy) is 1. The Morgan fingerprint density at radius 2 is 1.87 bits per heavy atom. The number of rotatable bonds is 12. The van der Waals surface area contributed by atoms with Crippen LogP contribution in [-0.2, 0) is 19.7 Å². The van der Waals surface area contributed by atoms with Crippen LogP contribution in [0.3, 0.4) is 0 Å². The number of likely N-dealkylation sites (N-methyl/N-ethyl adjacent to an activating group) is 1. The number of urea groups is 1. The van der Waals surface area contributed by atoms with Gasteiger partial charge in [0.1, 0.15) is 11.9 Å². The van der Waals surface area contributed by atoms with Crippen molar-refractivity contribution in [2.45, 2.75) is 82.7 Å². The van der Waals surface area contributed by atoms with Crippen molar-refractivity contribution in [3.8, 4) is 0 Å². The van der Waals surface area contributed by atoms with Crippen molar-refractivity contribution >= 4 is 40.5 Å². The molecule has 1 aliphatic heterocycles. The van der Waals surface area contributed by atoms with Gasteiger partial charge >= 0.3 is 6.03 Å². The molecule has 4 atom stereocenters. The highest BCUT2D eigenvalue weighted by molar-refractivity contribution is 6.31. The van der Waals surface area contributed by atoms with E-state index in [4.69, 9.17) is 21.3 Å². The molecular formula is C36H47ClN6O4. The fourth-order valence-corrected chi connectivity index (χ4v) is 7.45. The number of halogens is 1. The minimum Gasteiger partial charge on any atom is -0.380 e. The molecule has 0 radical (unpaired) electrons. The number of imidazole rings is 1. The molecule has 47 heavy (non-hydrogen) atoms. The van der Waals surface area contributed by atoms with Crippen molar-refractivity contribution in [1.82, 2.24) is 30.8 Å². The Kier molecular flexibility index (Phi) is 9.54. The summed E-state index contributed by atoms with van der Waals surface area (Å²) in [5.41, 5.74) is 2.27. The Morgan fingerprint density at radius 3 is 2.49 bits per heavy atom. The molecule has 3 aromatic rings. The molecule has 3 aliphatic rings. The lowest BCUT2D eigenvalue weighted by Gasteiger charge is -2.36. The Morgan fingerprint density at radius 1 is 1.11 bits per heavy atom. The number of amides is 4. The Bertz CT molecular complexity index is 1630. The van der Waals surface area contributed by atoms with Gasteiger partial charge in [-0.3, -0.25) is 9.59 Å². The topological polar surface area (TPSA) is 128 Å². The van der Waals surface area contributed by atoms with Gasteiger partial charge in [-0.15, -0.1) is 0 Å². The first-order valence-corrected chi connectivity index (χ1v) is 17.4. The van der Waals surface area contributed by atoms with E-state index in [9.17, 15) is 14.4 Å². The molecular weight excluding hydrogens is 616 g/mol. The van der Waals surface area contributed by atoms with Gasteiger partial charge in [-0.25, -0.2) is 9.78 Å². The van der Waals surface area contributed by atoms with Crippen LogP contribution in [0.2, 0.25) is 5.02 Å². The van der Waals surface area contributed by atoms with Crippen LogP contribution in [0.15, 0.2) is 42.5 Å². The molecule has 6 rings (SSSR count). The summed E-state index contributed by atoms with van der Waals surface area (Å²) in [5, 5.41) is 9.99. The highest BCUT2D eigenvalue weighted by Crippen LogP contribution is 2.60. The van der Waals surface area contributed by atoms with Crippen LogP contribution < -0.4 is 16.0 Å². The van der Waals surface area contributed by atoms with Gasteiger partial charge in [-0.1, -0.05) is 49.2 Å². The van der Waals surface area contributed by atoms with Gasteiger partial charge in [0.2, 0.25) is 11.8 Å². The van der Waals surface area contributed by atoms with E-state index < -0.39 is 17.5 Å². The zero-order chi connectivity index (χ0) is 33.3. The van der Waals surface area contributed by atoms with Crippen LogP contribution in [0.5, 0.6) is 0 Å². The average Bonchev–Trinajstić information content (AvgIpc) is 3.40. The van der Waals surface area contributed by atoms with Crippen molar-refractivity contribution in [1.29, 1.82) is 0 Å². The smallest absolute Gasteiger partial charge is 0.317 e. The molecule has 3 fully saturated rings. The maximum Gasteiger partial charge on any atom is 0.317 e. The summed E-state index contributed by atoms with van der Waals surface area (Å²) in [6.07, 6.45) is 5.45. The van der Waals surface area contributed by atoms with Gasteiger partial charge in [-0.05, 0) is 86.6 Å². The predicted octanol–water partition coefficient (Wildman–Crippen LogP) is 5.58. The fourth-order valence-electron chi connectivity index (χ4n) is 7.20. The normalized spacial score (nSPS) is 22.1. The number of aromatic nitrogens is 2. The quantitative estimate of drug-likeness (QED) is 0.201. The maximum absolute atomic E-state index is 14.1. The molecule has 0 bridgehead atoms. The minimum atomic E-state index is -0.938. The van der Waals surface area contributed by atoms with E-state index in [0.717, 1.165) is 54.3 Å². The second kappa shape index (κ2) is 13.5. The fraction of sp³-hybridized carbons (Fsp3) is 0.556. The first kappa shape index (κ1) is 33.3. The van der Waals surface area contributed by atoms with E-state index in [2.05, 4.69) is 27.9 Å². The van der Waals surface area contributed by atoms with Gasteiger partial charge in [0.05, 0.1) is 29.1 Å². The summed E-state index contributed by atoms with van der Waals surface area (Å²) in [7, 11) is 1.77. The third-order valence-electron chi connectivity index (χ3n) is 10.8. The van der Waals surface area contributed by atoms with E-state index in [1.54, 1.807) is 11.9 Å². The van der Waals surface area contributed by atoms with Gasteiger partial charge in [-0.2, -0.15) is 0 Å². The number of nitrogens with one attached hydrogen (secondary N) is 4. The molecule has 1 unspecified atom stereocenters. The lowest BCUT2D eigenvalue weighted by molar-refractivity contribution is -0.134. The number of carbonyl (C=O) groups excluding carboxylic acids is 3. The van der Waals surface area contributed by atoms with Gasteiger partial charge in [0, 0.05) is 37.7 Å². The number of benzene rings is 2. The second-order valence-corrected chi connectivity index (χ2v) is 14.3. The number of fused-ring (bicyclic) bond motifs is 1. The van der Waals surface area contributed by atoms with Crippen LogP contribution in [-0.4, -0.2) is 72.1 Å². The van der Waals surface area contributed by atoms with Gasteiger partial charge in [0.25, 0.3) is 0 Å². The summed E-state index contributed by atoms with van der Waals surface area (Å²) < 4.78 is 5.84. The molecule has 10 nitrogen and oxygen atoms in total. The summed E-state index contributed by atoms with van der Waals surface area (Å²) in [5.74, 6) is 0.331. The molecule has 4 amide bonds. The van der Waals surface area contributed by atoms with Crippen LogP contribution in [0.25, 0.3) is 11.0 Å². The molecule has 2 aromatic carbocycles. The van der Waals surface area contributed by atoms with E-state index in [0.29, 0.717) is 37.0 Å². The van der Waals surface area contributed by atoms with E-state index in [-0.39, 0.29) is 41.7 Å². The lowest BCUT2D eigenvalue weighted by Crippen LogP contribution is -2.57. The lowest BCUT2D eigenvalue weighted by atomic mass is 9.76. The van der Waals surface area contributed by atoms with Gasteiger partial charge < -0.3 is 30.6 Å². The summed E-state index contributed by atoms with van der Waals surface area (Å²) in [4.78, 5) is 50.7. The zero-order valence-electron chi connectivity index (χ0n) is 27.8. The Balaban J connectivity index is 1.37. The van der Waals surface area contributed by atoms with Crippen LogP contribution >= 0.6 is 11.6 Å².